The van der Waals surface area contributed by atoms with Crippen molar-refractivity contribution in [3.63, 3.8) is 0 Å². The van der Waals surface area contributed by atoms with Crippen LogP contribution in [0.15, 0.2) is 41.0 Å². The van der Waals surface area contributed by atoms with E-state index >= 15 is 0 Å². The quantitative estimate of drug-likeness (QED) is 0.811. The number of carbonyl (C=O) groups excluding carboxylic acids is 1. The van der Waals surface area contributed by atoms with Crippen LogP contribution in [0.25, 0.3) is 0 Å². The summed E-state index contributed by atoms with van der Waals surface area (Å²) in [6.07, 6.45) is 3.01. The van der Waals surface area contributed by atoms with Crippen molar-refractivity contribution >= 4 is 6.03 Å². The van der Waals surface area contributed by atoms with Gasteiger partial charge in [0.1, 0.15) is 17.2 Å². The standard InChI is InChI=1S/C17H19FN2O3/c1-17(22,15-3-2-8-23-15)10-19-16(21)20-14-7-5-11-4-6-12(18)9-13(11)14/h2-4,6,8-9,14,22H,5,7,10H2,1H3,(H2,19,20,21)/t14-,17-/m0/s1. The lowest BCUT2D eigenvalue weighted by atomic mass is 10.0. The Hall–Kier alpha value is -2.34. The third-order valence-corrected chi connectivity index (χ3v) is 4.14. The molecular weight excluding hydrogens is 299 g/mol. The maximum atomic E-state index is 13.4. The lowest BCUT2D eigenvalue weighted by molar-refractivity contribution is 0.0366. The number of nitrogens with one attached hydrogen (secondary N) is 2. The van der Waals surface area contributed by atoms with Gasteiger partial charge >= 0.3 is 6.03 Å². The van der Waals surface area contributed by atoms with Crippen molar-refractivity contribution in [2.75, 3.05) is 6.54 Å². The molecule has 122 valence electrons. The number of carbonyl (C=O) groups is 1. The smallest absolute Gasteiger partial charge is 0.315 e. The van der Waals surface area contributed by atoms with E-state index < -0.39 is 11.6 Å². The molecule has 0 aliphatic heterocycles. The average molecular weight is 318 g/mol. The van der Waals surface area contributed by atoms with E-state index in [1.54, 1.807) is 25.1 Å². The van der Waals surface area contributed by atoms with Crippen molar-refractivity contribution in [3.8, 4) is 0 Å². The van der Waals surface area contributed by atoms with E-state index in [4.69, 9.17) is 4.42 Å². The summed E-state index contributed by atoms with van der Waals surface area (Å²) in [7, 11) is 0. The van der Waals surface area contributed by atoms with Crippen LogP contribution in [0, 0.1) is 5.82 Å². The van der Waals surface area contributed by atoms with Crippen LogP contribution in [0.4, 0.5) is 9.18 Å². The molecule has 1 aromatic carbocycles. The Morgan fingerprint density at radius 3 is 3.04 bits per heavy atom. The molecule has 0 radical (unpaired) electrons. The monoisotopic (exact) mass is 318 g/mol. The maximum Gasteiger partial charge on any atom is 0.315 e. The first-order valence-corrected chi connectivity index (χ1v) is 7.55. The second-order valence-corrected chi connectivity index (χ2v) is 6.01. The molecule has 0 saturated heterocycles. The molecule has 3 rings (SSSR count). The van der Waals surface area contributed by atoms with E-state index in [9.17, 15) is 14.3 Å². The van der Waals surface area contributed by atoms with Crippen molar-refractivity contribution in [2.45, 2.75) is 31.4 Å². The third kappa shape index (κ3) is 3.37. The zero-order valence-corrected chi connectivity index (χ0v) is 12.8. The Morgan fingerprint density at radius 1 is 1.48 bits per heavy atom. The van der Waals surface area contributed by atoms with E-state index in [2.05, 4.69) is 10.6 Å². The topological polar surface area (TPSA) is 74.5 Å². The number of amides is 2. The number of aliphatic hydroxyl groups is 1. The minimum absolute atomic E-state index is 0.00900. The number of aryl methyl sites for hydroxylation is 1. The first-order valence-electron chi connectivity index (χ1n) is 7.55. The predicted octanol–water partition coefficient (Wildman–Crippen LogP) is 2.61. The van der Waals surface area contributed by atoms with Gasteiger partial charge < -0.3 is 20.2 Å². The van der Waals surface area contributed by atoms with Gasteiger partial charge in [-0.25, -0.2) is 9.18 Å². The summed E-state index contributed by atoms with van der Waals surface area (Å²) in [4.78, 5) is 12.1. The minimum Gasteiger partial charge on any atom is -0.466 e. The molecule has 6 heteroatoms. The van der Waals surface area contributed by atoms with Gasteiger partial charge in [0.05, 0.1) is 18.8 Å². The normalized spacial score (nSPS) is 19.0. The van der Waals surface area contributed by atoms with Crippen LogP contribution < -0.4 is 10.6 Å². The molecular formula is C17H19FN2O3. The van der Waals surface area contributed by atoms with Crippen LogP contribution in [-0.4, -0.2) is 17.7 Å². The third-order valence-electron chi connectivity index (χ3n) is 4.14. The summed E-state index contributed by atoms with van der Waals surface area (Å²) < 4.78 is 18.5. The van der Waals surface area contributed by atoms with Crippen LogP contribution in [0.1, 0.15) is 36.3 Å². The van der Waals surface area contributed by atoms with Crippen LogP contribution in [0.5, 0.6) is 0 Å². The number of hydrogen-bond donors (Lipinski definition) is 3. The summed E-state index contributed by atoms with van der Waals surface area (Å²) >= 11 is 0. The number of fused-ring (bicyclic) bond motifs is 1. The lowest BCUT2D eigenvalue weighted by Crippen LogP contribution is -2.44. The summed E-state index contributed by atoms with van der Waals surface area (Å²) in [5, 5.41) is 15.7. The molecule has 0 fully saturated rings. The average Bonchev–Trinajstić information content (AvgIpc) is 3.16. The van der Waals surface area contributed by atoms with Gasteiger partial charge in [-0.2, -0.15) is 0 Å². The van der Waals surface area contributed by atoms with Gasteiger partial charge in [0.25, 0.3) is 0 Å². The summed E-state index contributed by atoms with van der Waals surface area (Å²) in [6.45, 7) is 1.57. The molecule has 0 bridgehead atoms. The Bertz CT molecular complexity index is 698. The maximum absolute atomic E-state index is 13.4. The highest BCUT2D eigenvalue weighted by Gasteiger charge is 2.28. The van der Waals surface area contributed by atoms with Crippen molar-refractivity contribution < 1.29 is 18.7 Å². The van der Waals surface area contributed by atoms with Crippen molar-refractivity contribution in [1.29, 1.82) is 0 Å². The fourth-order valence-corrected chi connectivity index (χ4v) is 2.86. The summed E-state index contributed by atoms with van der Waals surface area (Å²) in [5.41, 5.74) is 0.581. The fraction of sp³-hybridized carbons (Fsp3) is 0.353. The zero-order chi connectivity index (χ0) is 16.4. The lowest BCUT2D eigenvalue weighted by Gasteiger charge is -2.22. The predicted molar refractivity (Wildman–Crippen MR) is 82.3 cm³/mol. The van der Waals surface area contributed by atoms with E-state index in [-0.39, 0.29) is 18.4 Å². The van der Waals surface area contributed by atoms with Gasteiger partial charge in [-0.05, 0) is 55.2 Å². The van der Waals surface area contributed by atoms with Gasteiger partial charge in [0.2, 0.25) is 0 Å². The molecule has 3 N–H and O–H groups in total. The van der Waals surface area contributed by atoms with E-state index in [1.165, 1.54) is 18.4 Å². The molecule has 1 aliphatic rings. The fourth-order valence-electron chi connectivity index (χ4n) is 2.86. The first kappa shape index (κ1) is 15.6. The Balaban J connectivity index is 1.58. The number of urea groups is 1. The number of benzene rings is 1. The first-order chi connectivity index (χ1) is 11.0. The highest BCUT2D eigenvalue weighted by molar-refractivity contribution is 5.74. The number of furan rings is 1. The van der Waals surface area contributed by atoms with Crippen molar-refractivity contribution in [3.05, 3.63) is 59.3 Å². The molecule has 1 heterocycles. The zero-order valence-electron chi connectivity index (χ0n) is 12.8. The Kier molecular flexibility index (Phi) is 4.09. The van der Waals surface area contributed by atoms with E-state index in [0.717, 1.165) is 24.0 Å². The molecule has 0 saturated carbocycles. The van der Waals surface area contributed by atoms with Crippen LogP contribution in [0.3, 0.4) is 0 Å². The molecule has 5 nitrogen and oxygen atoms in total. The van der Waals surface area contributed by atoms with Gasteiger partial charge in [-0.3, -0.25) is 0 Å². The van der Waals surface area contributed by atoms with Crippen molar-refractivity contribution in [2.24, 2.45) is 0 Å². The van der Waals surface area contributed by atoms with Gasteiger partial charge in [-0.1, -0.05) is 6.07 Å². The number of halogens is 1. The van der Waals surface area contributed by atoms with E-state index in [0.29, 0.717) is 5.76 Å². The SMILES string of the molecule is C[C@](O)(CNC(=O)N[C@H]1CCc2ccc(F)cc21)c1ccco1. The van der Waals surface area contributed by atoms with Crippen LogP contribution >= 0.6 is 0 Å². The van der Waals surface area contributed by atoms with Crippen molar-refractivity contribution in [1.82, 2.24) is 10.6 Å². The molecule has 2 aromatic rings. The van der Waals surface area contributed by atoms with E-state index in [1.807, 2.05) is 0 Å². The Labute approximate surface area is 133 Å². The highest BCUT2D eigenvalue weighted by atomic mass is 19.1. The molecule has 2 amide bonds. The molecule has 1 aliphatic carbocycles. The highest BCUT2D eigenvalue weighted by Crippen LogP contribution is 2.31. The molecule has 0 spiro atoms. The largest absolute Gasteiger partial charge is 0.466 e. The summed E-state index contributed by atoms with van der Waals surface area (Å²) in [6, 6.07) is 7.36. The van der Waals surface area contributed by atoms with Gasteiger partial charge in [0.15, 0.2) is 0 Å². The molecule has 1 aromatic heterocycles. The van der Waals surface area contributed by atoms with Gasteiger partial charge in [-0.15, -0.1) is 0 Å². The Morgan fingerprint density at radius 2 is 2.30 bits per heavy atom. The number of rotatable bonds is 4. The molecule has 23 heavy (non-hydrogen) atoms. The van der Waals surface area contributed by atoms with Crippen LogP contribution in [0.2, 0.25) is 0 Å². The number of hydrogen-bond acceptors (Lipinski definition) is 3. The summed E-state index contributed by atoms with van der Waals surface area (Å²) in [5.74, 6) is 0.0738. The molecule has 2 atom stereocenters. The second kappa shape index (κ2) is 6.04. The minimum atomic E-state index is -1.29. The second-order valence-electron chi connectivity index (χ2n) is 6.01. The van der Waals surface area contributed by atoms with Gasteiger partial charge in [0, 0.05) is 0 Å². The van der Waals surface area contributed by atoms with Crippen LogP contribution in [-0.2, 0) is 12.0 Å². The molecule has 0 unspecified atom stereocenters.